The molecule has 0 heterocycles. The van der Waals surface area contributed by atoms with E-state index < -0.39 is 0 Å². The van der Waals surface area contributed by atoms with E-state index in [1.54, 1.807) is 6.07 Å². The summed E-state index contributed by atoms with van der Waals surface area (Å²) in [4.78, 5) is 11.9. The molecule has 0 bridgehead atoms. The molecule has 0 saturated carbocycles. The van der Waals surface area contributed by atoms with Crippen LogP contribution in [0.1, 0.15) is 16.7 Å². The van der Waals surface area contributed by atoms with E-state index in [1.165, 1.54) is 0 Å². The van der Waals surface area contributed by atoms with Gasteiger partial charge in [-0.05, 0) is 48.7 Å². The first-order valence-corrected chi connectivity index (χ1v) is 8.04. The van der Waals surface area contributed by atoms with Gasteiger partial charge in [0.15, 0.2) is 6.61 Å². The van der Waals surface area contributed by atoms with Crippen LogP contribution in [0.5, 0.6) is 5.75 Å². The standard InChI is InChI=1S/C17H17BrClNO2/c1-11-7-14(18)8-12(2)17(11)22-10-16(21)20-9-13-5-3-4-6-15(13)19/h3-8H,9-10H2,1-2H3,(H,20,21). The van der Waals surface area contributed by atoms with Gasteiger partial charge in [0.2, 0.25) is 0 Å². The molecule has 0 aliphatic carbocycles. The number of hydrogen-bond donors (Lipinski definition) is 1. The number of rotatable bonds is 5. The minimum absolute atomic E-state index is 0.0201. The van der Waals surface area contributed by atoms with Gasteiger partial charge in [-0.1, -0.05) is 45.7 Å². The van der Waals surface area contributed by atoms with Crippen molar-refractivity contribution in [1.29, 1.82) is 0 Å². The van der Waals surface area contributed by atoms with Crippen molar-refractivity contribution in [3.05, 3.63) is 62.6 Å². The Morgan fingerprint density at radius 3 is 2.50 bits per heavy atom. The van der Waals surface area contributed by atoms with Crippen LogP contribution < -0.4 is 10.1 Å². The van der Waals surface area contributed by atoms with Crippen LogP contribution >= 0.6 is 27.5 Å². The Kier molecular flexibility index (Phi) is 5.86. The van der Waals surface area contributed by atoms with Crippen molar-refractivity contribution in [2.24, 2.45) is 0 Å². The predicted molar refractivity (Wildman–Crippen MR) is 92.4 cm³/mol. The van der Waals surface area contributed by atoms with E-state index in [0.717, 1.165) is 26.9 Å². The molecule has 2 rings (SSSR count). The highest BCUT2D eigenvalue weighted by Gasteiger charge is 2.09. The van der Waals surface area contributed by atoms with Crippen molar-refractivity contribution >= 4 is 33.4 Å². The third kappa shape index (κ3) is 4.49. The lowest BCUT2D eigenvalue weighted by atomic mass is 10.1. The van der Waals surface area contributed by atoms with Gasteiger partial charge in [0.05, 0.1) is 0 Å². The van der Waals surface area contributed by atoms with Crippen LogP contribution in [-0.2, 0) is 11.3 Å². The number of amides is 1. The zero-order valence-corrected chi connectivity index (χ0v) is 14.8. The van der Waals surface area contributed by atoms with Gasteiger partial charge in [-0.3, -0.25) is 4.79 Å². The highest BCUT2D eigenvalue weighted by atomic mass is 79.9. The molecule has 0 fully saturated rings. The van der Waals surface area contributed by atoms with E-state index in [4.69, 9.17) is 16.3 Å². The van der Waals surface area contributed by atoms with Crippen molar-refractivity contribution in [3.63, 3.8) is 0 Å². The Balaban J connectivity index is 1.90. The molecule has 0 aromatic heterocycles. The van der Waals surface area contributed by atoms with E-state index >= 15 is 0 Å². The zero-order valence-electron chi connectivity index (χ0n) is 12.5. The Morgan fingerprint density at radius 1 is 1.23 bits per heavy atom. The summed E-state index contributed by atoms with van der Waals surface area (Å²) >= 11 is 9.49. The van der Waals surface area contributed by atoms with Crippen LogP contribution in [0.25, 0.3) is 0 Å². The minimum atomic E-state index is -0.179. The van der Waals surface area contributed by atoms with E-state index in [9.17, 15) is 4.79 Å². The van der Waals surface area contributed by atoms with E-state index in [1.807, 2.05) is 44.2 Å². The van der Waals surface area contributed by atoms with Crippen LogP contribution in [0.4, 0.5) is 0 Å². The monoisotopic (exact) mass is 381 g/mol. The van der Waals surface area contributed by atoms with Crippen LogP contribution in [-0.4, -0.2) is 12.5 Å². The van der Waals surface area contributed by atoms with Gasteiger partial charge in [0.25, 0.3) is 5.91 Å². The van der Waals surface area contributed by atoms with E-state index in [0.29, 0.717) is 11.6 Å². The number of nitrogens with one attached hydrogen (secondary N) is 1. The SMILES string of the molecule is Cc1cc(Br)cc(C)c1OCC(=O)NCc1ccccc1Cl. The number of halogens is 2. The Labute approximate surface area is 143 Å². The molecule has 0 aliphatic rings. The fourth-order valence-corrected chi connectivity index (χ4v) is 3.04. The molecule has 0 unspecified atom stereocenters. The topological polar surface area (TPSA) is 38.3 Å². The molecule has 0 radical (unpaired) electrons. The Morgan fingerprint density at radius 2 is 1.86 bits per heavy atom. The molecule has 1 amide bonds. The van der Waals surface area contributed by atoms with Gasteiger partial charge in [0, 0.05) is 16.0 Å². The second-order valence-electron chi connectivity index (χ2n) is 5.03. The fraction of sp³-hybridized carbons (Fsp3) is 0.235. The summed E-state index contributed by atoms with van der Waals surface area (Å²) in [6.07, 6.45) is 0. The first-order chi connectivity index (χ1) is 10.5. The first-order valence-electron chi connectivity index (χ1n) is 6.87. The normalized spacial score (nSPS) is 10.4. The molecule has 22 heavy (non-hydrogen) atoms. The summed E-state index contributed by atoms with van der Waals surface area (Å²) in [7, 11) is 0. The summed E-state index contributed by atoms with van der Waals surface area (Å²) in [5.74, 6) is 0.567. The quantitative estimate of drug-likeness (QED) is 0.831. The molecular weight excluding hydrogens is 366 g/mol. The molecule has 0 aliphatic heterocycles. The van der Waals surface area contributed by atoms with Gasteiger partial charge >= 0.3 is 0 Å². The van der Waals surface area contributed by atoms with Gasteiger partial charge in [0.1, 0.15) is 5.75 Å². The predicted octanol–water partition coefficient (Wildman–Crippen LogP) is 4.41. The number of ether oxygens (including phenoxy) is 1. The molecule has 116 valence electrons. The second kappa shape index (κ2) is 7.65. The Hall–Kier alpha value is -1.52. The third-order valence-corrected chi connectivity index (χ3v) is 4.03. The fourth-order valence-electron chi connectivity index (χ4n) is 2.15. The van der Waals surface area contributed by atoms with Crippen LogP contribution in [0.3, 0.4) is 0 Å². The average Bonchev–Trinajstić information content (AvgIpc) is 2.45. The van der Waals surface area contributed by atoms with Crippen LogP contribution in [0.2, 0.25) is 5.02 Å². The number of benzene rings is 2. The highest BCUT2D eigenvalue weighted by Crippen LogP contribution is 2.27. The number of hydrogen-bond acceptors (Lipinski definition) is 2. The number of carbonyl (C=O) groups excluding carboxylic acids is 1. The summed E-state index contributed by atoms with van der Waals surface area (Å²) in [5, 5.41) is 3.44. The molecule has 2 aromatic carbocycles. The lowest BCUT2D eigenvalue weighted by Gasteiger charge is -2.13. The van der Waals surface area contributed by atoms with Gasteiger partial charge in [-0.25, -0.2) is 0 Å². The Bertz CT molecular complexity index is 665. The minimum Gasteiger partial charge on any atom is -0.483 e. The zero-order chi connectivity index (χ0) is 16.1. The average molecular weight is 383 g/mol. The van der Waals surface area contributed by atoms with Crippen molar-refractivity contribution in [2.75, 3.05) is 6.61 Å². The summed E-state index contributed by atoms with van der Waals surface area (Å²) < 4.78 is 6.64. The van der Waals surface area contributed by atoms with Crippen LogP contribution in [0.15, 0.2) is 40.9 Å². The summed E-state index contributed by atoms with van der Waals surface area (Å²) in [6.45, 7) is 4.28. The third-order valence-electron chi connectivity index (χ3n) is 3.21. The van der Waals surface area contributed by atoms with E-state index in [2.05, 4.69) is 21.2 Å². The molecule has 5 heteroatoms. The molecule has 3 nitrogen and oxygen atoms in total. The molecule has 0 atom stereocenters. The molecule has 1 N–H and O–H groups in total. The van der Waals surface area contributed by atoms with Crippen molar-refractivity contribution in [1.82, 2.24) is 5.32 Å². The highest BCUT2D eigenvalue weighted by molar-refractivity contribution is 9.10. The maximum absolute atomic E-state index is 11.9. The van der Waals surface area contributed by atoms with Gasteiger partial charge < -0.3 is 10.1 Å². The smallest absolute Gasteiger partial charge is 0.258 e. The number of carbonyl (C=O) groups is 1. The number of aryl methyl sites for hydroxylation is 2. The molecule has 0 spiro atoms. The first kappa shape index (κ1) is 16.8. The second-order valence-corrected chi connectivity index (χ2v) is 6.35. The maximum atomic E-state index is 11.9. The largest absolute Gasteiger partial charge is 0.483 e. The van der Waals surface area contributed by atoms with Crippen LogP contribution in [0, 0.1) is 13.8 Å². The van der Waals surface area contributed by atoms with Gasteiger partial charge in [-0.2, -0.15) is 0 Å². The lowest BCUT2D eigenvalue weighted by Crippen LogP contribution is -2.28. The lowest BCUT2D eigenvalue weighted by molar-refractivity contribution is -0.123. The van der Waals surface area contributed by atoms with Crippen molar-refractivity contribution in [3.8, 4) is 5.75 Å². The summed E-state index contributed by atoms with van der Waals surface area (Å²) in [6, 6.07) is 11.4. The van der Waals surface area contributed by atoms with Gasteiger partial charge in [-0.15, -0.1) is 0 Å². The van der Waals surface area contributed by atoms with Crippen molar-refractivity contribution in [2.45, 2.75) is 20.4 Å². The molecular formula is C17H17BrClNO2. The van der Waals surface area contributed by atoms with E-state index in [-0.39, 0.29) is 12.5 Å². The van der Waals surface area contributed by atoms with Crippen molar-refractivity contribution < 1.29 is 9.53 Å². The summed E-state index contributed by atoms with van der Waals surface area (Å²) in [5.41, 5.74) is 2.87. The maximum Gasteiger partial charge on any atom is 0.258 e. The molecule has 0 saturated heterocycles. The molecule has 2 aromatic rings.